The zero-order chi connectivity index (χ0) is 50.6. The second kappa shape index (κ2) is 51.1. The summed E-state index contributed by atoms with van der Waals surface area (Å²) in [5, 5.41) is 11.7. The standard InChI is InChI=1S/C61H107NO7/c1-6-8-10-12-14-16-18-20-22-24-26-28-30-32-34-36-38-40-42-44-46-48-50-52-60(64)69-57(55-67-54-53-58(61(65)66)62(3,4)5)56-68-59(63)51-49-47-45-43-41-39-37-35-33-31-29-27-25-23-21-19-17-15-13-11-9-7-2/h8,10,14,16,20,22,25-28,31,33,57-58H,6-7,9,11-13,15,17-19,21,23-24,29-30,32,34-56H2,1-5H3/b10-8+,16-14+,22-20+,27-25+,28-26+,33-31+. The monoisotopic (exact) mass is 966 g/mol. The number of quaternary nitrogens is 1. The van der Waals surface area contributed by atoms with E-state index in [-0.39, 0.29) is 42.7 Å². The van der Waals surface area contributed by atoms with Crippen LogP contribution in [0.1, 0.15) is 245 Å². The number of carboxylic acids is 1. The molecule has 0 aliphatic rings. The molecule has 0 aromatic carbocycles. The summed E-state index contributed by atoms with van der Waals surface area (Å²) in [6.45, 7) is 4.56. The van der Waals surface area contributed by atoms with Gasteiger partial charge in [-0.2, -0.15) is 0 Å². The molecule has 0 radical (unpaired) electrons. The van der Waals surface area contributed by atoms with Gasteiger partial charge in [-0.05, 0) is 83.5 Å². The second-order valence-electron chi connectivity index (χ2n) is 20.1. The molecule has 0 aliphatic carbocycles. The van der Waals surface area contributed by atoms with Gasteiger partial charge < -0.3 is 28.6 Å². The van der Waals surface area contributed by atoms with Crippen molar-refractivity contribution in [2.24, 2.45) is 0 Å². The number of aliphatic carboxylic acids is 1. The fraction of sp³-hybridized carbons (Fsp3) is 0.754. The van der Waals surface area contributed by atoms with E-state index in [0.717, 1.165) is 77.0 Å². The Morgan fingerprint density at radius 2 is 0.812 bits per heavy atom. The molecule has 0 saturated carbocycles. The predicted octanol–water partition coefficient (Wildman–Crippen LogP) is 15.7. The van der Waals surface area contributed by atoms with Crippen molar-refractivity contribution in [3.63, 3.8) is 0 Å². The first-order valence-electron chi connectivity index (χ1n) is 28.5. The highest BCUT2D eigenvalue weighted by Crippen LogP contribution is 2.15. The molecule has 0 spiro atoms. The molecule has 0 fully saturated rings. The van der Waals surface area contributed by atoms with E-state index < -0.39 is 18.1 Å². The predicted molar refractivity (Wildman–Crippen MR) is 291 cm³/mol. The van der Waals surface area contributed by atoms with Crippen LogP contribution in [-0.2, 0) is 28.6 Å². The van der Waals surface area contributed by atoms with Crippen LogP contribution < -0.4 is 5.11 Å². The molecule has 2 atom stereocenters. The van der Waals surface area contributed by atoms with Crippen LogP contribution in [0.15, 0.2) is 72.9 Å². The number of carbonyl (C=O) groups is 3. The minimum Gasteiger partial charge on any atom is -0.544 e. The molecule has 0 saturated heterocycles. The van der Waals surface area contributed by atoms with Crippen molar-refractivity contribution in [1.82, 2.24) is 0 Å². The number of ether oxygens (including phenoxy) is 3. The Hall–Kier alpha value is -3.23. The van der Waals surface area contributed by atoms with E-state index >= 15 is 0 Å². The SMILES string of the molecule is CC/C=C/C/C=C/C/C=C/C/C=C/CCCCCCCCCCCCC(=O)OC(COCCC(C(=O)[O-])[N+](C)(C)C)COC(=O)CCCCCCCCC/C=C/C/C=C/CCCCCCCCCC. The highest BCUT2D eigenvalue weighted by molar-refractivity contribution is 5.70. The summed E-state index contributed by atoms with van der Waals surface area (Å²) in [7, 11) is 5.42. The molecule has 398 valence electrons. The Labute approximate surface area is 425 Å². The van der Waals surface area contributed by atoms with Crippen molar-refractivity contribution in [3.05, 3.63) is 72.9 Å². The summed E-state index contributed by atoms with van der Waals surface area (Å²) < 4.78 is 17.3. The molecule has 0 bridgehead atoms. The lowest BCUT2D eigenvalue weighted by Crippen LogP contribution is -2.55. The molecule has 0 aromatic heterocycles. The first-order valence-corrected chi connectivity index (χ1v) is 28.5. The van der Waals surface area contributed by atoms with Crippen LogP contribution in [0.25, 0.3) is 0 Å². The fourth-order valence-electron chi connectivity index (χ4n) is 8.21. The van der Waals surface area contributed by atoms with E-state index in [1.165, 1.54) is 135 Å². The van der Waals surface area contributed by atoms with Gasteiger partial charge in [0.15, 0.2) is 6.10 Å². The third-order valence-electron chi connectivity index (χ3n) is 12.6. The summed E-state index contributed by atoms with van der Waals surface area (Å²) in [4.78, 5) is 37.2. The second-order valence-corrected chi connectivity index (χ2v) is 20.1. The minimum absolute atomic E-state index is 0.0343. The van der Waals surface area contributed by atoms with Gasteiger partial charge in [-0.15, -0.1) is 0 Å². The maximum absolute atomic E-state index is 12.8. The molecule has 0 aromatic rings. The van der Waals surface area contributed by atoms with E-state index in [9.17, 15) is 19.5 Å². The summed E-state index contributed by atoms with van der Waals surface area (Å²) in [5.41, 5.74) is 0. The van der Waals surface area contributed by atoms with Crippen LogP contribution in [0.3, 0.4) is 0 Å². The van der Waals surface area contributed by atoms with Crippen LogP contribution in [0, 0.1) is 0 Å². The quantitative estimate of drug-likeness (QED) is 0.0259. The third-order valence-corrected chi connectivity index (χ3v) is 12.6. The number of hydrogen-bond donors (Lipinski definition) is 0. The smallest absolute Gasteiger partial charge is 0.306 e. The van der Waals surface area contributed by atoms with E-state index in [4.69, 9.17) is 14.2 Å². The van der Waals surface area contributed by atoms with Crippen LogP contribution in [0.5, 0.6) is 0 Å². The minimum atomic E-state index is -1.13. The number of nitrogens with zero attached hydrogens (tertiary/aromatic N) is 1. The summed E-state index contributed by atoms with van der Waals surface area (Å²) in [6.07, 6.45) is 66.5. The van der Waals surface area contributed by atoms with Gasteiger partial charge in [-0.1, -0.05) is 215 Å². The largest absolute Gasteiger partial charge is 0.544 e. The molecule has 8 heteroatoms. The first kappa shape index (κ1) is 65.8. The highest BCUT2D eigenvalue weighted by Gasteiger charge is 2.25. The third kappa shape index (κ3) is 49.5. The Morgan fingerprint density at radius 1 is 0.449 bits per heavy atom. The number of likely N-dealkylation sites (N-methyl/N-ethyl adjacent to an activating group) is 1. The summed E-state index contributed by atoms with van der Waals surface area (Å²) in [6, 6.07) is -0.732. The van der Waals surface area contributed by atoms with Crippen LogP contribution >= 0.6 is 0 Å². The van der Waals surface area contributed by atoms with E-state index in [1.54, 1.807) is 21.1 Å². The van der Waals surface area contributed by atoms with Gasteiger partial charge in [-0.3, -0.25) is 9.59 Å². The van der Waals surface area contributed by atoms with Gasteiger partial charge in [0.05, 0.1) is 40.3 Å². The Morgan fingerprint density at radius 3 is 1.20 bits per heavy atom. The molecule has 0 heterocycles. The van der Waals surface area contributed by atoms with E-state index in [1.807, 2.05) is 0 Å². The van der Waals surface area contributed by atoms with Crippen molar-refractivity contribution in [2.75, 3.05) is 41.0 Å². The van der Waals surface area contributed by atoms with Gasteiger partial charge >= 0.3 is 11.9 Å². The molecule has 8 nitrogen and oxygen atoms in total. The molecule has 0 rings (SSSR count). The zero-order valence-electron chi connectivity index (χ0n) is 45.5. The van der Waals surface area contributed by atoms with Crippen molar-refractivity contribution in [3.8, 4) is 0 Å². The molecule has 69 heavy (non-hydrogen) atoms. The Kier molecular flexibility index (Phi) is 48.7. The molecular formula is C61H107NO7. The summed E-state index contributed by atoms with van der Waals surface area (Å²) >= 11 is 0. The number of unbranched alkanes of at least 4 members (excludes halogenated alkanes) is 25. The average molecular weight is 967 g/mol. The normalized spacial score (nSPS) is 13.3. The van der Waals surface area contributed by atoms with Crippen LogP contribution in [0.4, 0.5) is 0 Å². The summed E-state index contributed by atoms with van der Waals surface area (Å²) in [5.74, 6) is -1.75. The van der Waals surface area contributed by atoms with Gasteiger partial charge in [0.1, 0.15) is 12.6 Å². The highest BCUT2D eigenvalue weighted by atomic mass is 16.6. The molecule has 0 aliphatic heterocycles. The number of esters is 2. The number of rotatable bonds is 51. The van der Waals surface area contributed by atoms with E-state index in [2.05, 4.69) is 86.8 Å². The maximum Gasteiger partial charge on any atom is 0.306 e. The van der Waals surface area contributed by atoms with Crippen molar-refractivity contribution >= 4 is 17.9 Å². The van der Waals surface area contributed by atoms with Gasteiger partial charge in [-0.25, -0.2) is 0 Å². The number of allylic oxidation sites excluding steroid dienone is 12. The van der Waals surface area contributed by atoms with Crippen molar-refractivity contribution in [2.45, 2.75) is 257 Å². The van der Waals surface area contributed by atoms with Crippen LogP contribution in [-0.4, -0.2) is 75.5 Å². The number of carboxylic acid groups (broad SMARTS) is 1. The lowest BCUT2D eigenvalue weighted by Gasteiger charge is -2.34. The molecule has 0 amide bonds. The number of carbonyl (C=O) groups excluding carboxylic acids is 3. The maximum atomic E-state index is 12.8. The van der Waals surface area contributed by atoms with Crippen molar-refractivity contribution < 1.29 is 38.2 Å². The lowest BCUT2D eigenvalue weighted by atomic mass is 10.0. The average Bonchev–Trinajstić information content (AvgIpc) is 3.31. The first-order chi connectivity index (χ1) is 33.6. The molecule has 2 unspecified atom stereocenters. The topological polar surface area (TPSA) is 102 Å². The van der Waals surface area contributed by atoms with Gasteiger partial charge in [0, 0.05) is 19.3 Å². The fourth-order valence-corrected chi connectivity index (χ4v) is 8.21. The molecule has 0 N–H and O–H groups in total. The molecular weight excluding hydrogens is 859 g/mol. The Bertz CT molecular complexity index is 1360. The van der Waals surface area contributed by atoms with Crippen molar-refractivity contribution in [1.29, 1.82) is 0 Å². The zero-order valence-corrected chi connectivity index (χ0v) is 45.5. The van der Waals surface area contributed by atoms with Gasteiger partial charge in [0.25, 0.3) is 0 Å². The van der Waals surface area contributed by atoms with E-state index in [0.29, 0.717) is 12.8 Å². The number of hydrogen-bond acceptors (Lipinski definition) is 7. The Balaban J connectivity index is 4.21. The van der Waals surface area contributed by atoms with Crippen LogP contribution in [0.2, 0.25) is 0 Å². The lowest BCUT2D eigenvalue weighted by molar-refractivity contribution is -0.889. The van der Waals surface area contributed by atoms with Gasteiger partial charge in [0.2, 0.25) is 0 Å².